The number of carbonyl (C=O) groups is 6. The van der Waals surface area contributed by atoms with Gasteiger partial charge in [-0.3, -0.25) is 24.0 Å². The van der Waals surface area contributed by atoms with Gasteiger partial charge in [-0.05, 0) is 12.3 Å². The summed E-state index contributed by atoms with van der Waals surface area (Å²) in [5, 5.41) is 24.5. The van der Waals surface area contributed by atoms with E-state index in [4.69, 9.17) is 21.7 Å². The topological polar surface area (TPSA) is 231 Å². The average Bonchev–Trinajstić information content (AvgIpc) is 2.59. The second-order valence-corrected chi connectivity index (χ2v) is 6.62. The Morgan fingerprint density at radius 1 is 0.966 bits per heavy atom. The number of carbonyl (C=O) groups excluding carboxylic acids is 4. The Labute approximate surface area is 166 Å². The first-order chi connectivity index (χ1) is 13.3. The van der Waals surface area contributed by atoms with Gasteiger partial charge in [-0.1, -0.05) is 13.8 Å². The van der Waals surface area contributed by atoms with Crippen molar-refractivity contribution in [3.63, 3.8) is 0 Å². The molecule has 29 heavy (non-hydrogen) atoms. The quantitative estimate of drug-likeness (QED) is 0.160. The molecule has 0 spiro atoms. The van der Waals surface area contributed by atoms with Crippen LogP contribution in [0.1, 0.15) is 33.1 Å². The Kier molecular flexibility index (Phi) is 10.9. The number of nitrogens with two attached hydrogens (primary N) is 2. The molecule has 13 nitrogen and oxygen atoms in total. The molecule has 3 unspecified atom stereocenters. The van der Waals surface area contributed by atoms with Crippen molar-refractivity contribution < 1.29 is 39.0 Å². The smallest absolute Gasteiger partial charge is 0.326 e. The fraction of sp³-hybridized carbons (Fsp3) is 0.625. The van der Waals surface area contributed by atoms with Gasteiger partial charge in [0.05, 0.1) is 19.0 Å². The van der Waals surface area contributed by atoms with Crippen LogP contribution in [0.25, 0.3) is 0 Å². The van der Waals surface area contributed by atoms with Crippen LogP contribution in [-0.2, 0) is 28.8 Å². The molecular formula is C16H27N5O8. The standard InChI is InChI=1S/C16H27N5O8/c1-7(2)13(15(27)20-9(16(28)29)3-4-10(18)22)21-11(23)6-19-14(26)8(17)5-12(24)25/h7-9,13H,3-6,17H2,1-2H3,(H2,18,22)(H,19,26)(H,20,27)(H,21,23)(H,24,25)(H,28,29). The fourth-order valence-corrected chi connectivity index (χ4v) is 2.14. The molecule has 0 heterocycles. The normalized spacial score (nSPS) is 13.7. The molecule has 0 aliphatic carbocycles. The van der Waals surface area contributed by atoms with Crippen molar-refractivity contribution in [3.8, 4) is 0 Å². The molecule has 9 N–H and O–H groups in total. The number of aliphatic carboxylic acids is 2. The van der Waals surface area contributed by atoms with Gasteiger partial charge >= 0.3 is 11.9 Å². The highest BCUT2D eigenvalue weighted by atomic mass is 16.4. The van der Waals surface area contributed by atoms with Gasteiger partial charge in [0.15, 0.2) is 0 Å². The molecule has 0 saturated heterocycles. The number of hydrogen-bond donors (Lipinski definition) is 7. The van der Waals surface area contributed by atoms with Crippen molar-refractivity contribution in [2.24, 2.45) is 17.4 Å². The molecule has 0 aromatic heterocycles. The lowest BCUT2D eigenvalue weighted by Crippen LogP contribution is -2.55. The first-order valence-corrected chi connectivity index (χ1v) is 8.71. The minimum absolute atomic E-state index is 0.216. The van der Waals surface area contributed by atoms with Crippen LogP contribution in [0.15, 0.2) is 0 Å². The minimum atomic E-state index is -1.37. The summed E-state index contributed by atoms with van der Waals surface area (Å²) in [4.78, 5) is 68.6. The lowest BCUT2D eigenvalue weighted by molar-refractivity contribution is -0.142. The third-order valence-corrected chi connectivity index (χ3v) is 3.71. The third-order valence-electron chi connectivity index (χ3n) is 3.71. The van der Waals surface area contributed by atoms with Crippen molar-refractivity contribution in [1.82, 2.24) is 16.0 Å². The Hall–Kier alpha value is -3.22. The van der Waals surface area contributed by atoms with E-state index in [2.05, 4.69) is 16.0 Å². The van der Waals surface area contributed by atoms with Crippen LogP contribution in [0.2, 0.25) is 0 Å². The number of primary amides is 1. The molecule has 0 bridgehead atoms. The van der Waals surface area contributed by atoms with E-state index < -0.39 is 72.6 Å². The molecule has 0 radical (unpaired) electrons. The van der Waals surface area contributed by atoms with E-state index >= 15 is 0 Å². The van der Waals surface area contributed by atoms with Crippen LogP contribution in [0.4, 0.5) is 0 Å². The molecule has 0 fully saturated rings. The van der Waals surface area contributed by atoms with Gasteiger partial charge in [0.1, 0.15) is 12.1 Å². The van der Waals surface area contributed by atoms with Crippen LogP contribution in [-0.4, -0.2) is 70.5 Å². The zero-order valence-corrected chi connectivity index (χ0v) is 16.1. The van der Waals surface area contributed by atoms with Gasteiger partial charge in [-0.15, -0.1) is 0 Å². The lowest BCUT2D eigenvalue weighted by atomic mass is 10.0. The first kappa shape index (κ1) is 25.8. The summed E-state index contributed by atoms with van der Waals surface area (Å²) in [6, 6.07) is -3.84. The molecule has 0 aliphatic rings. The molecule has 0 saturated carbocycles. The van der Waals surface area contributed by atoms with Gasteiger partial charge in [0.2, 0.25) is 23.6 Å². The second kappa shape index (κ2) is 12.3. The van der Waals surface area contributed by atoms with Crippen molar-refractivity contribution in [2.75, 3.05) is 6.54 Å². The molecule has 13 heteroatoms. The van der Waals surface area contributed by atoms with Gasteiger partial charge in [0, 0.05) is 6.42 Å². The third kappa shape index (κ3) is 10.6. The maximum atomic E-state index is 12.4. The van der Waals surface area contributed by atoms with Crippen molar-refractivity contribution in [2.45, 2.75) is 51.2 Å². The Morgan fingerprint density at radius 2 is 1.55 bits per heavy atom. The minimum Gasteiger partial charge on any atom is -0.481 e. The maximum absolute atomic E-state index is 12.4. The van der Waals surface area contributed by atoms with Crippen LogP contribution in [0.5, 0.6) is 0 Å². The number of rotatable bonds is 13. The molecule has 0 rings (SSSR count). The van der Waals surface area contributed by atoms with E-state index in [9.17, 15) is 28.8 Å². The summed E-state index contributed by atoms with van der Waals surface area (Å²) in [7, 11) is 0. The number of amides is 4. The highest BCUT2D eigenvalue weighted by Crippen LogP contribution is 2.05. The number of hydrogen-bond acceptors (Lipinski definition) is 7. The summed E-state index contributed by atoms with van der Waals surface area (Å²) < 4.78 is 0. The van der Waals surface area contributed by atoms with E-state index in [1.54, 1.807) is 13.8 Å². The summed E-state index contributed by atoms with van der Waals surface area (Å²) in [6.45, 7) is 2.64. The summed E-state index contributed by atoms with van der Waals surface area (Å²) in [6.07, 6.45) is -1.09. The van der Waals surface area contributed by atoms with E-state index in [1.807, 2.05) is 0 Å². The number of carboxylic acids is 2. The van der Waals surface area contributed by atoms with Crippen molar-refractivity contribution in [3.05, 3.63) is 0 Å². The van der Waals surface area contributed by atoms with Gasteiger partial charge in [0.25, 0.3) is 0 Å². The van der Waals surface area contributed by atoms with Crippen molar-refractivity contribution >= 4 is 35.6 Å². The summed E-state index contributed by atoms with van der Waals surface area (Å²) >= 11 is 0. The SMILES string of the molecule is CC(C)C(NC(=O)CNC(=O)C(N)CC(=O)O)C(=O)NC(CCC(N)=O)C(=O)O. The summed E-state index contributed by atoms with van der Waals surface area (Å²) in [5.74, 6) is -6.22. The Morgan fingerprint density at radius 3 is 2.00 bits per heavy atom. The van der Waals surface area contributed by atoms with Crippen LogP contribution < -0.4 is 27.4 Å². The first-order valence-electron chi connectivity index (χ1n) is 8.71. The molecule has 0 aliphatic heterocycles. The highest BCUT2D eigenvalue weighted by molar-refractivity contribution is 5.93. The number of nitrogens with one attached hydrogen (secondary N) is 3. The molecule has 4 amide bonds. The van der Waals surface area contributed by atoms with Gasteiger partial charge in [-0.2, -0.15) is 0 Å². The highest BCUT2D eigenvalue weighted by Gasteiger charge is 2.29. The van der Waals surface area contributed by atoms with Crippen molar-refractivity contribution in [1.29, 1.82) is 0 Å². The molecule has 164 valence electrons. The van der Waals surface area contributed by atoms with E-state index in [0.29, 0.717) is 0 Å². The van der Waals surface area contributed by atoms with Crippen LogP contribution in [0, 0.1) is 5.92 Å². The molecule has 3 atom stereocenters. The monoisotopic (exact) mass is 417 g/mol. The molecular weight excluding hydrogens is 390 g/mol. The van der Waals surface area contributed by atoms with E-state index in [-0.39, 0.29) is 12.8 Å². The van der Waals surface area contributed by atoms with E-state index in [0.717, 1.165) is 0 Å². The van der Waals surface area contributed by atoms with E-state index in [1.165, 1.54) is 0 Å². The molecule has 0 aromatic rings. The van der Waals surface area contributed by atoms with Gasteiger partial charge in [-0.25, -0.2) is 4.79 Å². The maximum Gasteiger partial charge on any atom is 0.326 e. The fourth-order valence-electron chi connectivity index (χ4n) is 2.14. The number of carboxylic acid groups (broad SMARTS) is 2. The lowest BCUT2D eigenvalue weighted by Gasteiger charge is -2.24. The van der Waals surface area contributed by atoms with Crippen LogP contribution >= 0.6 is 0 Å². The summed E-state index contributed by atoms with van der Waals surface area (Å²) in [5.41, 5.74) is 10.3. The predicted octanol–water partition coefficient (Wildman–Crippen LogP) is -3.12. The Bertz CT molecular complexity index is 651. The predicted molar refractivity (Wildman–Crippen MR) is 98.0 cm³/mol. The zero-order chi connectivity index (χ0) is 22.7. The largest absolute Gasteiger partial charge is 0.481 e. The van der Waals surface area contributed by atoms with Gasteiger partial charge < -0.3 is 37.6 Å². The molecule has 0 aromatic carbocycles. The second-order valence-electron chi connectivity index (χ2n) is 6.62. The average molecular weight is 417 g/mol. The Balaban J connectivity index is 4.83. The van der Waals surface area contributed by atoms with Crippen LogP contribution in [0.3, 0.4) is 0 Å². The zero-order valence-electron chi connectivity index (χ0n) is 16.1.